The molecule has 4 aromatic rings. The highest BCUT2D eigenvalue weighted by Crippen LogP contribution is 2.34. The molecular weight excluding hydrogens is 390 g/mol. The Kier molecular flexibility index (Phi) is 3.62. The zero-order valence-electron chi connectivity index (χ0n) is 12.6. The third-order valence-electron chi connectivity index (χ3n) is 3.94. The summed E-state index contributed by atoms with van der Waals surface area (Å²) in [6.45, 7) is 1.50. The van der Waals surface area contributed by atoms with E-state index in [2.05, 4.69) is 26.1 Å². The number of carbonyl (C=O) groups excluding carboxylic acids is 1. The van der Waals surface area contributed by atoms with E-state index in [1.165, 1.54) is 6.92 Å². The smallest absolute Gasteiger partial charge is 0.229 e. The molecule has 0 amide bonds. The second-order valence-corrected chi connectivity index (χ2v) is 6.79. The highest BCUT2D eigenvalue weighted by atomic mass is 79.9. The van der Waals surface area contributed by atoms with Gasteiger partial charge in [0.2, 0.25) is 5.91 Å². The Morgan fingerprint density at radius 2 is 1.88 bits per heavy atom. The van der Waals surface area contributed by atoms with Gasteiger partial charge in [-0.2, -0.15) is 0 Å². The summed E-state index contributed by atoms with van der Waals surface area (Å²) in [6.07, 6.45) is 0. The third-order valence-corrected chi connectivity index (χ3v) is 4.79. The second kappa shape index (κ2) is 5.69. The molecule has 0 unspecified atom stereocenters. The Labute approximate surface area is 151 Å². The van der Waals surface area contributed by atoms with Gasteiger partial charge in [0.05, 0.1) is 16.2 Å². The lowest BCUT2D eigenvalue weighted by Gasteiger charge is -2.02. The van der Waals surface area contributed by atoms with Gasteiger partial charge in [0, 0.05) is 27.7 Å². The fourth-order valence-electron chi connectivity index (χ4n) is 2.89. The summed E-state index contributed by atoms with van der Waals surface area (Å²) in [7, 11) is 0. The van der Waals surface area contributed by atoms with Crippen LogP contribution in [-0.4, -0.2) is 20.7 Å². The molecule has 0 N–H and O–H groups in total. The Morgan fingerprint density at radius 3 is 2.58 bits per heavy atom. The maximum absolute atomic E-state index is 12.1. The zero-order chi connectivity index (χ0) is 16.8. The number of halogens is 2. The van der Waals surface area contributed by atoms with E-state index in [1.54, 1.807) is 4.57 Å². The summed E-state index contributed by atoms with van der Waals surface area (Å²) < 4.78 is 2.55. The first-order valence-corrected chi connectivity index (χ1v) is 8.46. The third kappa shape index (κ3) is 2.32. The number of nitrogens with zero attached hydrogens (tertiary/aromatic N) is 3. The Bertz CT molecular complexity index is 1100. The van der Waals surface area contributed by atoms with Crippen LogP contribution in [0.3, 0.4) is 0 Å². The van der Waals surface area contributed by atoms with Gasteiger partial charge in [-0.3, -0.25) is 9.36 Å². The highest BCUT2D eigenvalue weighted by molar-refractivity contribution is 9.10. The fraction of sp³-hybridized carbons (Fsp3) is 0.0556. The molecule has 0 bridgehead atoms. The number of fused-ring (bicyclic) bond motifs is 3. The summed E-state index contributed by atoms with van der Waals surface area (Å²) in [5.41, 5.74) is 2.94. The lowest BCUT2D eigenvalue weighted by molar-refractivity contribution is 0.0945. The van der Waals surface area contributed by atoms with Crippen LogP contribution in [0.15, 0.2) is 53.0 Å². The molecule has 0 aliphatic heterocycles. The molecular formula is C18H11BrClN3O. The van der Waals surface area contributed by atoms with Crippen molar-refractivity contribution in [1.82, 2.24) is 14.8 Å². The fourth-order valence-corrected chi connectivity index (χ4v) is 3.43. The largest absolute Gasteiger partial charge is 0.274 e. The molecule has 0 aliphatic carbocycles. The van der Waals surface area contributed by atoms with E-state index in [0.29, 0.717) is 10.7 Å². The van der Waals surface area contributed by atoms with E-state index in [-0.39, 0.29) is 5.91 Å². The minimum absolute atomic E-state index is 0.122. The Hall–Kier alpha value is -2.24. The molecule has 24 heavy (non-hydrogen) atoms. The van der Waals surface area contributed by atoms with Crippen molar-refractivity contribution >= 4 is 55.4 Å². The van der Waals surface area contributed by atoms with Gasteiger partial charge in [0.25, 0.3) is 0 Å². The molecule has 0 aliphatic rings. The van der Waals surface area contributed by atoms with Gasteiger partial charge in [0.1, 0.15) is 0 Å². The van der Waals surface area contributed by atoms with Crippen LogP contribution in [0, 0.1) is 0 Å². The molecule has 2 aromatic carbocycles. The van der Waals surface area contributed by atoms with Gasteiger partial charge in [-0.1, -0.05) is 45.7 Å². The number of rotatable bonds is 1. The van der Waals surface area contributed by atoms with Crippen molar-refractivity contribution in [1.29, 1.82) is 0 Å². The number of carbonyl (C=O) groups is 1. The summed E-state index contributed by atoms with van der Waals surface area (Å²) >= 11 is 9.82. The van der Waals surface area contributed by atoms with Crippen molar-refractivity contribution in [2.45, 2.75) is 6.92 Å². The monoisotopic (exact) mass is 399 g/mol. The van der Waals surface area contributed by atoms with Crippen molar-refractivity contribution < 1.29 is 4.79 Å². The summed E-state index contributed by atoms with van der Waals surface area (Å²) in [5, 5.41) is 10.8. The first-order chi connectivity index (χ1) is 11.6. The summed E-state index contributed by atoms with van der Waals surface area (Å²) in [6, 6.07) is 15.3. The average Bonchev–Trinajstić information content (AvgIpc) is 2.90. The molecule has 0 saturated heterocycles. The van der Waals surface area contributed by atoms with E-state index >= 15 is 0 Å². The van der Waals surface area contributed by atoms with Crippen LogP contribution in [0.5, 0.6) is 0 Å². The van der Waals surface area contributed by atoms with Gasteiger partial charge in [-0.25, -0.2) is 0 Å². The van der Waals surface area contributed by atoms with Gasteiger partial charge in [-0.05, 0) is 30.3 Å². The Balaban J connectivity index is 2.08. The van der Waals surface area contributed by atoms with Gasteiger partial charge in [0.15, 0.2) is 5.65 Å². The predicted molar refractivity (Wildman–Crippen MR) is 99.5 cm³/mol. The van der Waals surface area contributed by atoms with Crippen molar-refractivity contribution in [3.63, 3.8) is 0 Å². The predicted octanol–water partition coefficient (Wildman–Crippen LogP) is 5.33. The van der Waals surface area contributed by atoms with E-state index in [1.807, 2.05) is 48.5 Å². The van der Waals surface area contributed by atoms with E-state index < -0.39 is 0 Å². The molecule has 0 radical (unpaired) electrons. The number of hydrogen-bond donors (Lipinski definition) is 0. The highest BCUT2D eigenvalue weighted by Gasteiger charge is 2.18. The molecule has 4 nitrogen and oxygen atoms in total. The molecule has 0 fully saturated rings. The topological polar surface area (TPSA) is 47.8 Å². The standard InChI is InChI=1S/C18H11BrClN3O/c1-10(24)23-16-4-2-3-14(20)17(16)13-9-15(21-22-18(13)23)11-5-7-12(19)8-6-11/h2-9H,1H3. The van der Waals surface area contributed by atoms with Crippen LogP contribution >= 0.6 is 27.5 Å². The maximum Gasteiger partial charge on any atom is 0.229 e. The van der Waals surface area contributed by atoms with Crippen LogP contribution in [0.1, 0.15) is 11.7 Å². The first kappa shape index (κ1) is 15.3. The van der Waals surface area contributed by atoms with Crippen LogP contribution < -0.4 is 0 Å². The lowest BCUT2D eigenvalue weighted by Crippen LogP contribution is -2.06. The SMILES string of the molecule is CC(=O)n1c2cccc(Cl)c2c2cc(-c3ccc(Br)cc3)nnc21. The summed E-state index contributed by atoms with van der Waals surface area (Å²) in [4.78, 5) is 12.1. The van der Waals surface area contributed by atoms with Crippen LogP contribution in [0.4, 0.5) is 0 Å². The Morgan fingerprint density at radius 1 is 1.12 bits per heavy atom. The lowest BCUT2D eigenvalue weighted by atomic mass is 10.1. The quantitative estimate of drug-likeness (QED) is 0.434. The number of aromatic nitrogens is 3. The minimum Gasteiger partial charge on any atom is -0.274 e. The van der Waals surface area contributed by atoms with Crippen LogP contribution in [-0.2, 0) is 0 Å². The maximum atomic E-state index is 12.1. The minimum atomic E-state index is -0.122. The van der Waals surface area contributed by atoms with E-state index in [0.717, 1.165) is 32.0 Å². The van der Waals surface area contributed by atoms with Gasteiger partial charge in [-0.15, -0.1) is 10.2 Å². The first-order valence-electron chi connectivity index (χ1n) is 7.29. The number of hydrogen-bond acceptors (Lipinski definition) is 3. The van der Waals surface area contributed by atoms with Crippen molar-refractivity contribution in [3.05, 3.63) is 58.0 Å². The molecule has 2 aromatic heterocycles. The van der Waals surface area contributed by atoms with E-state index in [9.17, 15) is 4.79 Å². The zero-order valence-corrected chi connectivity index (χ0v) is 15.0. The van der Waals surface area contributed by atoms with Gasteiger partial charge >= 0.3 is 0 Å². The summed E-state index contributed by atoms with van der Waals surface area (Å²) in [5.74, 6) is -0.122. The van der Waals surface area contributed by atoms with Crippen LogP contribution in [0.25, 0.3) is 33.2 Å². The van der Waals surface area contributed by atoms with Crippen molar-refractivity contribution in [3.8, 4) is 11.3 Å². The van der Waals surface area contributed by atoms with Crippen LogP contribution in [0.2, 0.25) is 5.02 Å². The average molecular weight is 401 g/mol. The van der Waals surface area contributed by atoms with Gasteiger partial charge < -0.3 is 0 Å². The van der Waals surface area contributed by atoms with E-state index in [4.69, 9.17) is 11.6 Å². The molecule has 6 heteroatoms. The molecule has 2 heterocycles. The van der Waals surface area contributed by atoms with Crippen molar-refractivity contribution in [2.24, 2.45) is 0 Å². The molecule has 0 spiro atoms. The number of benzene rings is 2. The molecule has 0 saturated carbocycles. The second-order valence-electron chi connectivity index (χ2n) is 5.46. The molecule has 4 rings (SSSR count). The molecule has 118 valence electrons. The molecule has 0 atom stereocenters. The van der Waals surface area contributed by atoms with Crippen molar-refractivity contribution in [2.75, 3.05) is 0 Å². The normalized spacial score (nSPS) is 11.3.